The minimum Gasteiger partial charge on any atom is -0.314 e. The monoisotopic (exact) mass is 389 g/mol. The summed E-state index contributed by atoms with van der Waals surface area (Å²) in [6.45, 7) is 0. The van der Waals surface area contributed by atoms with Gasteiger partial charge >= 0.3 is 0 Å². The summed E-state index contributed by atoms with van der Waals surface area (Å²) in [5.41, 5.74) is 6.21. The number of fused-ring (bicyclic) bond motifs is 6. The first-order chi connectivity index (χ1) is 12.1. The molecule has 1 amide bonds. The number of nitrogens with zero attached hydrogens (tertiary/aromatic N) is 1. The van der Waals surface area contributed by atoms with Crippen LogP contribution in [0.1, 0.15) is 16.7 Å². The van der Waals surface area contributed by atoms with E-state index in [0.717, 1.165) is 21.3 Å². The molecule has 1 spiro atoms. The van der Waals surface area contributed by atoms with Gasteiger partial charge in [0.2, 0.25) is 5.91 Å². The van der Waals surface area contributed by atoms with E-state index in [1.54, 1.807) is 0 Å². The molecule has 0 radical (unpaired) electrons. The Hall–Kier alpha value is -2.39. The molecule has 0 saturated carbocycles. The van der Waals surface area contributed by atoms with Crippen molar-refractivity contribution in [2.75, 3.05) is 11.9 Å². The molecule has 1 heterocycles. The smallest absolute Gasteiger partial charge is 0.242 e. The Morgan fingerprint density at radius 3 is 2.48 bits per heavy atom. The maximum atomic E-state index is 13.5. The van der Waals surface area contributed by atoms with Gasteiger partial charge in [-0.1, -0.05) is 64.5 Å². The summed E-state index contributed by atoms with van der Waals surface area (Å²) in [5, 5.41) is 0. The van der Waals surface area contributed by atoms with E-state index in [2.05, 4.69) is 64.5 Å². The van der Waals surface area contributed by atoms with Crippen LogP contribution < -0.4 is 4.90 Å². The van der Waals surface area contributed by atoms with Gasteiger partial charge in [-0.2, -0.15) is 0 Å². The Morgan fingerprint density at radius 1 is 0.920 bits per heavy atom. The third-order valence-corrected chi connectivity index (χ3v) is 6.09. The molecule has 2 nitrogen and oxygen atoms in total. The zero-order valence-electron chi connectivity index (χ0n) is 13.8. The van der Waals surface area contributed by atoms with Crippen LogP contribution in [0.5, 0.6) is 0 Å². The van der Waals surface area contributed by atoms with Crippen molar-refractivity contribution in [2.45, 2.75) is 11.8 Å². The highest BCUT2D eigenvalue weighted by Crippen LogP contribution is 2.53. The summed E-state index contributed by atoms with van der Waals surface area (Å²) in [6.07, 6.45) is 0.701. The molecule has 122 valence electrons. The number of hydrogen-bond acceptors (Lipinski definition) is 1. The zero-order chi connectivity index (χ0) is 17.2. The highest BCUT2D eigenvalue weighted by molar-refractivity contribution is 9.10. The van der Waals surface area contributed by atoms with Gasteiger partial charge in [-0.3, -0.25) is 4.79 Å². The Bertz CT molecular complexity index is 1040. The number of carbonyl (C=O) groups excluding carboxylic acids is 1. The number of benzene rings is 3. The van der Waals surface area contributed by atoms with E-state index in [9.17, 15) is 4.79 Å². The van der Waals surface area contributed by atoms with Crippen LogP contribution in [0, 0.1) is 0 Å². The first kappa shape index (κ1) is 14.9. The fourth-order valence-corrected chi connectivity index (χ4v) is 4.85. The van der Waals surface area contributed by atoms with Crippen molar-refractivity contribution in [3.63, 3.8) is 0 Å². The van der Waals surface area contributed by atoms with E-state index in [4.69, 9.17) is 0 Å². The van der Waals surface area contributed by atoms with Crippen LogP contribution in [0.3, 0.4) is 0 Å². The summed E-state index contributed by atoms with van der Waals surface area (Å²) in [5.74, 6) is 0.155. The molecule has 0 fully saturated rings. The SMILES string of the molecule is CN1C(=O)C2(Cc3ccccc3-c3ccccc32)c2cc(Br)ccc21. The summed E-state index contributed by atoms with van der Waals surface area (Å²) in [4.78, 5) is 15.3. The lowest BCUT2D eigenvalue weighted by atomic mass is 9.65. The Morgan fingerprint density at radius 2 is 1.64 bits per heavy atom. The Labute approximate surface area is 155 Å². The number of halogens is 1. The zero-order valence-corrected chi connectivity index (χ0v) is 15.4. The van der Waals surface area contributed by atoms with Crippen LogP contribution in [0.15, 0.2) is 71.2 Å². The molecule has 1 aliphatic carbocycles. The predicted octanol–water partition coefficient (Wildman–Crippen LogP) is 4.93. The predicted molar refractivity (Wildman–Crippen MR) is 104 cm³/mol. The minimum absolute atomic E-state index is 0.155. The van der Waals surface area contributed by atoms with Crippen LogP contribution >= 0.6 is 15.9 Å². The summed E-state index contributed by atoms with van der Waals surface area (Å²) < 4.78 is 1.00. The van der Waals surface area contributed by atoms with Crippen LogP contribution in [-0.4, -0.2) is 13.0 Å². The second-order valence-corrected chi connectivity index (χ2v) is 7.73. The van der Waals surface area contributed by atoms with Crippen molar-refractivity contribution < 1.29 is 4.79 Å². The largest absolute Gasteiger partial charge is 0.314 e. The lowest BCUT2D eigenvalue weighted by Crippen LogP contribution is -2.43. The quantitative estimate of drug-likeness (QED) is 0.533. The summed E-state index contributed by atoms with van der Waals surface area (Å²) in [7, 11) is 1.88. The number of anilines is 1. The van der Waals surface area contributed by atoms with Gasteiger partial charge in [0.05, 0.1) is 0 Å². The van der Waals surface area contributed by atoms with E-state index in [0.29, 0.717) is 6.42 Å². The van der Waals surface area contributed by atoms with Gasteiger partial charge in [-0.15, -0.1) is 0 Å². The van der Waals surface area contributed by atoms with Gasteiger partial charge in [0.25, 0.3) is 0 Å². The molecule has 3 aromatic carbocycles. The molecule has 0 N–H and O–H groups in total. The van der Waals surface area contributed by atoms with E-state index < -0.39 is 5.41 Å². The van der Waals surface area contributed by atoms with Crippen molar-refractivity contribution in [1.29, 1.82) is 0 Å². The lowest BCUT2D eigenvalue weighted by Gasteiger charge is -2.36. The average Bonchev–Trinajstić information content (AvgIpc) is 2.84. The standard InChI is InChI=1S/C22H16BrNO/c1-24-20-11-10-15(23)12-19(20)22(21(24)25)13-14-6-2-3-7-16(14)17-8-4-5-9-18(17)22/h2-12H,13H2,1H3. The van der Waals surface area contributed by atoms with Gasteiger partial charge in [-0.25, -0.2) is 0 Å². The molecule has 25 heavy (non-hydrogen) atoms. The first-order valence-corrected chi connectivity index (χ1v) is 9.18. The third kappa shape index (κ3) is 1.82. The number of likely N-dealkylation sites (N-methyl/N-ethyl adjacent to an activating group) is 1. The second kappa shape index (κ2) is 5.06. The molecule has 2 aliphatic rings. The molecule has 3 heteroatoms. The molecule has 1 unspecified atom stereocenters. The van der Waals surface area contributed by atoms with Crippen LogP contribution in [0.2, 0.25) is 0 Å². The molecule has 0 aromatic heterocycles. The van der Waals surface area contributed by atoms with E-state index >= 15 is 0 Å². The minimum atomic E-state index is -0.640. The highest BCUT2D eigenvalue weighted by atomic mass is 79.9. The van der Waals surface area contributed by atoms with Crippen LogP contribution in [0.25, 0.3) is 11.1 Å². The fraction of sp³-hybridized carbons (Fsp3) is 0.136. The van der Waals surface area contributed by atoms with Crippen LogP contribution in [-0.2, 0) is 16.6 Å². The fourth-order valence-electron chi connectivity index (χ4n) is 4.49. The maximum Gasteiger partial charge on any atom is 0.242 e. The number of amides is 1. The molecule has 5 rings (SSSR count). The van der Waals surface area contributed by atoms with E-state index in [1.807, 2.05) is 30.1 Å². The highest BCUT2D eigenvalue weighted by Gasteiger charge is 2.53. The van der Waals surface area contributed by atoms with E-state index in [1.165, 1.54) is 16.7 Å². The van der Waals surface area contributed by atoms with Crippen molar-refractivity contribution in [3.8, 4) is 11.1 Å². The Balaban J connectivity index is 1.90. The molecule has 0 saturated heterocycles. The molecule has 0 bridgehead atoms. The normalized spacial score (nSPS) is 20.4. The lowest BCUT2D eigenvalue weighted by molar-refractivity contribution is -0.121. The molecular formula is C22H16BrNO. The number of hydrogen-bond donors (Lipinski definition) is 0. The van der Waals surface area contributed by atoms with Crippen molar-refractivity contribution in [3.05, 3.63) is 87.9 Å². The van der Waals surface area contributed by atoms with Crippen molar-refractivity contribution in [2.24, 2.45) is 0 Å². The van der Waals surface area contributed by atoms with Crippen LogP contribution in [0.4, 0.5) is 5.69 Å². The van der Waals surface area contributed by atoms with Gasteiger partial charge < -0.3 is 4.90 Å². The topological polar surface area (TPSA) is 20.3 Å². The molecule has 1 aliphatic heterocycles. The average molecular weight is 390 g/mol. The number of carbonyl (C=O) groups is 1. The molecule has 1 atom stereocenters. The Kier molecular flexibility index (Phi) is 3.02. The van der Waals surface area contributed by atoms with Gasteiger partial charge in [-0.05, 0) is 52.4 Å². The van der Waals surface area contributed by atoms with Gasteiger partial charge in [0.1, 0.15) is 5.41 Å². The first-order valence-electron chi connectivity index (χ1n) is 8.39. The van der Waals surface area contributed by atoms with Crippen molar-refractivity contribution >= 4 is 27.5 Å². The summed E-state index contributed by atoms with van der Waals surface area (Å²) >= 11 is 3.60. The number of rotatable bonds is 0. The third-order valence-electron chi connectivity index (χ3n) is 5.60. The second-order valence-electron chi connectivity index (χ2n) is 6.81. The maximum absolute atomic E-state index is 13.5. The molecule has 3 aromatic rings. The van der Waals surface area contributed by atoms with Gasteiger partial charge in [0.15, 0.2) is 0 Å². The van der Waals surface area contributed by atoms with Crippen molar-refractivity contribution in [1.82, 2.24) is 0 Å². The van der Waals surface area contributed by atoms with Gasteiger partial charge in [0, 0.05) is 17.2 Å². The molecular weight excluding hydrogens is 374 g/mol. The van der Waals surface area contributed by atoms with E-state index in [-0.39, 0.29) is 5.91 Å². The summed E-state index contributed by atoms with van der Waals surface area (Å²) in [6, 6.07) is 22.9.